The average Bonchev–Trinajstić information content (AvgIpc) is 2.29. The minimum atomic E-state index is -0.210. The van der Waals surface area contributed by atoms with Gasteiger partial charge in [0.15, 0.2) is 0 Å². The Bertz CT molecular complexity index is 385. The Balaban J connectivity index is 2.11. The molecule has 19 heavy (non-hydrogen) atoms. The van der Waals surface area contributed by atoms with Crippen molar-refractivity contribution in [2.45, 2.75) is 52.5 Å². The fourth-order valence-electron chi connectivity index (χ4n) is 1.82. The van der Waals surface area contributed by atoms with Crippen LogP contribution in [0.2, 0.25) is 0 Å². The normalized spacial score (nSPS) is 11.6. The molecule has 0 amide bonds. The van der Waals surface area contributed by atoms with Gasteiger partial charge in [0.25, 0.3) is 0 Å². The fourth-order valence-corrected chi connectivity index (χ4v) is 1.82. The summed E-state index contributed by atoms with van der Waals surface area (Å²) >= 11 is 0. The molecule has 2 nitrogen and oxygen atoms in total. The molecule has 0 fully saturated rings. The van der Waals surface area contributed by atoms with Gasteiger partial charge in [-0.2, -0.15) is 0 Å². The molecule has 1 N–H and O–H groups in total. The minimum absolute atomic E-state index is 0.196. The van der Waals surface area contributed by atoms with Crippen LogP contribution in [0, 0.1) is 12.7 Å². The number of benzene rings is 1. The van der Waals surface area contributed by atoms with Crippen molar-refractivity contribution in [3.8, 4) is 5.75 Å². The number of hydrogen-bond donors (Lipinski definition) is 1. The summed E-state index contributed by atoms with van der Waals surface area (Å²) in [6.07, 6.45) is 3.33. The van der Waals surface area contributed by atoms with E-state index in [1.807, 2.05) is 6.92 Å². The molecule has 0 aromatic heterocycles. The van der Waals surface area contributed by atoms with Crippen molar-refractivity contribution in [3.05, 3.63) is 29.6 Å². The highest BCUT2D eigenvalue weighted by atomic mass is 19.1. The van der Waals surface area contributed by atoms with Crippen molar-refractivity contribution >= 4 is 0 Å². The second-order valence-corrected chi connectivity index (χ2v) is 6.00. The van der Waals surface area contributed by atoms with Crippen molar-refractivity contribution in [3.63, 3.8) is 0 Å². The number of rotatable bonds is 7. The van der Waals surface area contributed by atoms with Gasteiger partial charge in [0.05, 0.1) is 6.61 Å². The molecule has 0 unspecified atom stereocenters. The molecule has 3 heteroatoms. The summed E-state index contributed by atoms with van der Waals surface area (Å²) in [5, 5.41) is 3.46. The van der Waals surface area contributed by atoms with E-state index in [4.69, 9.17) is 4.74 Å². The second kappa shape index (κ2) is 7.49. The average molecular weight is 267 g/mol. The predicted octanol–water partition coefficient (Wildman–Crippen LogP) is 4.07. The molecule has 0 aliphatic carbocycles. The maximum absolute atomic E-state index is 12.9. The molecule has 1 aromatic rings. The standard InChI is InChI=1S/C16H26FNO/c1-13-12-14(17)8-9-15(13)19-11-7-5-6-10-18-16(2,3)4/h8-9,12,18H,5-7,10-11H2,1-4H3. The zero-order chi connectivity index (χ0) is 14.3. The Morgan fingerprint density at radius 2 is 1.89 bits per heavy atom. The Morgan fingerprint density at radius 1 is 1.16 bits per heavy atom. The van der Waals surface area contributed by atoms with E-state index in [9.17, 15) is 4.39 Å². The first kappa shape index (κ1) is 16.0. The maximum atomic E-state index is 12.9. The quantitative estimate of drug-likeness (QED) is 0.752. The third-order valence-electron chi connectivity index (χ3n) is 2.87. The van der Waals surface area contributed by atoms with E-state index >= 15 is 0 Å². The lowest BCUT2D eigenvalue weighted by Crippen LogP contribution is -2.36. The summed E-state index contributed by atoms with van der Waals surface area (Å²) in [6.45, 7) is 10.1. The van der Waals surface area contributed by atoms with Crippen LogP contribution in [-0.2, 0) is 0 Å². The van der Waals surface area contributed by atoms with E-state index in [0.717, 1.165) is 37.1 Å². The van der Waals surface area contributed by atoms with Crippen LogP contribution in [0.1, 0.15) is 45.6 Å². The van der Waals surface area contributed by atoms with Crippen molar-refractivity contribution in [1.82, 2.24) is 5.32 Å². The van der Waals surface area contributed by atoms with E-state index in [-0.39, 0.29) is 11.4 Å². The van der Waals surface area contributed by atoms with Gasteiger partial charge in [0.2, 0.25) is 0 Å². The zero-order valence-corrected chi connectivity index (χ0v) is 12.6. The summed E-state index contributed by atoms with van der Waals surface area (Å²) in [6, 6.07) is 4.64. The largest absolute Gasteiger partial charge is 0.493 e. The van der Waals surface area contributed by atoms with E-state index in [1.165, 1.54) is 12.1 Å². The molecule has 0 aliphatic rings. The van der Waals surface area contributed by atoms with Gasteiger partial charge in [-0.05, 0) is 77.3 Å². The first-order valence-corrected chi connectivity index (χ1v) is 7.02. The van der Waals surface area contributed by atoms with Crippen LogP contribution in [-0.4, -0.2) is 18.7 Å². The topological polar surface area (TPSA) is 21.3 Å². The molecule has 1 aromatic carbocycles. The first-order chi connectivity index (χ1) is 8.88. The Morgan fingerprint density at radius 3 is 2.53 bits per heavy atom. The second-order valence-electron chi connectivity index (χ2n) is 6.00. The monoisotopic (exact) mass is 267 g/mol. The molecule has 0 radical (unpaired) electrons. The van der Waals surface area contributed by atoms with Crippen LogP contribution < -0.4 is 10.1 Å². The molecular weight excluding hydrogens is 241 g/mol. The molecule has 0 heterocycles. The highest BCUT2D eigenvalue weighted by Gasteiger charge is 2.07. The van der Waals surface area contributed by atoms with Gasteiger partial charge >= 0.3 is 0 Å². The lowest BCUT2D eigenvalue weighted by molar-refractivity contribution is 0.301. The van der Waals surface area contributed by atoms with E-state index in [1.54, 1.807) is 6.07 Å². The number of hydrogen-bond acceptors (Lipinski definition) is 2. The van der Waals surface area contributed by atoms with E-state index in [2.05, 4.69) is 26.1 Å². The summed E-state index contributed by atoms with van der Waals surface area (Å²) < 4.78 is 18.6. The molecule has 108 valence electrons. The van der Waals surface area contributed by atoms with Gasteiger partial charge in [0, 0.05) is 5.54 Å². The number of halogens is 1. The van der Waals surface area contributed by atoms with Crippen LogP contribution in [0.5, 0.6) is 5.75 Å². The van der Waals surface area contributed by atoms with Gasteiger partial charge in [-0.25, -0.2) is 4.39 Å². The fraction of sp³-hybridized carbons (Fsp3) is 0.625. The zero-order valence-electron chi connectivity index (χ0n) is 12.6. The molecule has 1 rings (SSSR count). The van der Waals surface area contributed by atoms with Crippen molar-refractivity contribution in [1.29, 1.82) is 0 Å². The SMILES string of the molecule is Cc1cc(F)ccc1OCCCCCNC(C)(C)C. The van der Waals surface area contributed by atoms with Gasteiger partial charge in [-0.3, -0.25) is 0 Å². The third kappa shape index (κ3) is 7.16. The Labute approximate surface area is 116 Å². The summed E-state index contributed by atoms with van der Waals surface area (Å²) in [4.78, 5) is 0. The number of ether oxygens (including phenoxy) is 1. The van der Waals surface area contributed by atoms with Gasteiger partial charge in [0.1, 0.15) is 11.6 Å². The minimum Gasteiger partial charge on any atom is -0.493 e. The molecule has 0 spiro atoms. The van der Waals surface area contributed by atoms with Crippen LogP contribution in [0.4, 0.5) is 4.39 Å². The smallest absolute Gasteiger partial charge is 0.123 e. The predicted molar refractivity (Wildman–Crippen MR) is 78.2 cm³/mol. The highest BCUT2D eigenvalue weighted by Crippen LogP contribution is 2.18. The van der Waals surface area contributed by atoms with E-state index < -0.39 is 0 Å². The first-order valence-electron chi connectivity index (χ1n) is 7.02. The molecule has 0 bridgehead atoms. The van der Waals surface area contributed by atoms with Crippen LogP contribution >= 0.6 is 0 Å². The summed E-state index contributed by atoms with van der Waals surface area (Å²) in [7, 11) is 0. The lowest BCUT2D eigenvalue weighted by atomic mass is 10.1. The van der Waals surface area contributed by atoms with Gasteiger partial charge in [-0.15, -0.1) is 0 Å². The van der Waals surface area contributed by atoms with E-state index in [0.29, 0.717) is 6.61 Å². The van der Waals surface area contributed by atoms with Gasteiger partial charge < -0.3 is 10.1 Å². The van der Waals surface area contributed by atoms with Gasteiger partial charge in [-0.1, -0.05) is 0 Å². The number of nitrogens with one attached hydrogen (secondary N) is 1. The van der Waals surface area contributed by atoms with Crippen molar-refractivity contribution < 1.29 is 9.13 Å². The summed E-state index contributed by atoms with van der Waals surface area (Å²) in [5.41, 5.74) is 1.05. The molecular formula is C16H26FNO. The van der Waals surface area contributed by atoms with Crippen LogP contribution in [0.3, 0.4) is 0 Å². The highest BCUT2D eigenvalue weighted by molar-refractivity contribution is 5.32. The third-order valence-corrected chi connectivity index (χ3v) is 2.87. The lowest BCUT2D eigenvalue weighted by Gasteiger charge is -2.20. The number of aryl methyl sites for hydroxylation is 1. The van der Waals surface area contributed by atoms with Crippen molar-refractivity contribution in [2.24, 2.45) is 0 Å². The van der Waals surface area contributed by atoms with Crippen LogP contribution in [0.25, 0.3) is 0 Å². The molecule has 0 atom stereocenters. The molecule has 0 saturated carbocycles. The maximum Gasteiger partial charge on any atom is 0.123 e. The Hall–Kier alpha value is -1.09. The Kier molecular flexibility index (Phi) is 6.29. The van der Waals surface area contributed by atoms with Crippen LogP contribution in [0.15, 0.2) is 18.2 Å². The molecule has 0 aliphatic heterocycles. The molecule has 0 saturated heterocycles. The van der Waals surface area contributed by atoms with Crippen molar-refractivity contribution in [2.75, 3.05) is 13.2 Å². The number of unbranched alkanes of at least 4 members (excludes halogenated alkanes) is 2. The summed E-state index contributed by atoms with van der Waals surface area (Å²) in [5.74, 6) is 0.576.